The zero-order chi connectivity index (χ0) is 20.2. The summed E-state index contributed by atoms with van der Waals surface area (Å²) in [5.41, 5.74) is 2.76. The topological polar surface area (TPSA) is 46.9 Å². The summed E-state index contributed by atoms with van der Waals surface area (Å²) in [6, 6.07) is 15.0. The number of hydrogen-bond acceptors (Lipinski definition) is 4. The van der Waals surface area contributed by atoms with Crippen LogP contribution in [0.25, 0.3) is 0 Å². The van der Waals surface area contributed by atoms with Crippen LogP contribution in [0.4, 0.5) is 5.82 Å². The number of hydrogen-bond donors (Lipinski definition) is 1. The molecule has 1 aliphatic rings. The summed E-state index contributed by atoms with van der Waals surface area (Å²) < 4.78 is 2.17. The number of amides is 1. The zero-order valence-corrected chi connectivity index (χ0v) is 18.6. The van der Waals surface area contributed by atoms with E-state index in [-0.39, 0.29) is 5.91 Å². The number of carbonyl (C=O) groups is 1. The Morgan fingerprint density at radius 3 is 2.59 bits per heavy atom. The van der Waals surface area contributed by atoms with Gasteiger partial charge in [0.15, 0.2) is 0 Å². The van der Waals surface area contributed by atoms with Gasteiger partial charge < -0.3 is 5.32 Å². The van der Waals surface area contributed by atoms with Crippen molar-refractivity contribution in [3.8, 4) is 0 Å². The maximum atomic E-state index is 12.7. The van der Waals surface area contributed by atoms with Crippen molar-refractivity contribution in [3.05, 3.63) is 81.5 Å². The van der Waals surface area contributed by atoms with E-state index in [1.54, 1.807) is 29.1 Å². The number of benzene rings is 2. The lowest BCUT2D eigenvalue weighted by Gasteiger charge is -2.21. The number of nitrogens with one attached hydrogen (secondary N) is 1. The molecule has 1 aliphatic heterocycles. The fourth-order valence-electron chi connectivity index (χ4n) is 3.04. The van der Waals surface area contributed by atoms with Crippen molar-refractivity contribution in [2.24, 2.45) is 0 Å². The fraction of sp³-hybridized carbons (Fsp3) is 0.238. The van der Waals surface area contributed by atoms with E-state index in [9.17, 15) is 4.79 Å². The second kappa shape index (κ2) is 9.47. The predicted molar refractivity (Wildman–Crippen MR) is 124 cm³/mol. The highest BCUT2D eigenvalue weighted by molar-refractivity contribution is 8.16. The van der Waals surface area contributed by atoms with Crippen LogP contribution in [-0.2, 0) is 6.54 Å². The van der Waals surface area contributed by atoms with Crippen LogP contribution < -0.4 is 5.32 Å². The van der Waals surface area contributed by atoms with Crippen LogP contribution in [0.3, 0.4) is 0 Å². The monoisotopic (exact) mass is 463 g/mol. The van der Waals surface area contributed by atoms with Gasteiger partial charge in [-0.1, -0.05) is 41.4 Å². The summed E-state index contributed by atoms with van der Waals surface area (Å²) >= 11 is 16.2. The van der Waals surface area contributed by atoms with Gasteiger partial charge in [-0.05, 0) is 53.3 Å². The molecule has 0 saturated carbocycles. The minimum Gasteiger partial charge on any atom is -0.307 e. The van der Waals surface area contributed by atoms with E-state index >= 15 is 0 Å². The molecule has 1 amide bonds. The third kappa shape index (κ3) is 5.12. The minimum absolute atomic E-state index is 0.163. The Morgan fingerprint density at radius 1 is 1.10 bits per heavy atom. The molecule has 4 nitrogen and oxygen atoms in total. The van der Waals surface area contributed by atoms with Gasteiger partial charge in [0.25, 0.3) is 5.91 Å². The fourth-order valence-corrected chi connectivity index (χ4v) is 6.40. The van der Waals surface area contributed by atoms with Crippen molar-refractivity contribution in [1.82, 2.24) is 9.78 Å². The van der Waals surface area contributed by atoms with Crippen molar-refractivity contribution in [1.29, 1.82) is 0 Å². The highest BCUT2D eigenvalue weighted by Crippen LogP contribution is 2.43. The summed E-state index contributed by atoms with van der Waals surface area (Å²) in [5, 5.41) is 8.39. The van der Waals surface area contributed by atoms with Crippen LogP contribution in [0.15, 0.2) is 54.7 Å². The number of nitrogens with zero attached hydrogens (tertiary/aromatic N) is 2. The Labute approximate surface area is 188 Å². The van der Waals surface area contributed by atoms with E-state index in [1.807, 2.05) is 41.7 Å². The first-order chi connectivity index (χ1) is 14.1. The molecule has 0 aliphatic carbocycles. The molecule has 2 aromatic carbocycles. The van der Waals surface area contributed by atoms with Crippen molar-refractivity contribution < 1.29 is 4.79 Å². The van der Waals surface area contributed by atoms with Gasteiger partial charge in [-0.15, -0.1) is 23.5 Å². The van der Waals surface area contributed by atoms with Gasteiger partial charge in [0.05, 0.1) is 17.3 Å². The van der Waals surface area contributed by atoms with Crippen LogP contribution in [0.5, 0.6) is 0 Å². The van der Waals surface area contributed by atoms with Crippen molar-refractivity contribution in [2.45, 2.75) is 17.5 Å². The smallest absolute Gasteiger partial charge is 0.256 e. The zero-order valence-electron chi connectivity index (χ0n) is 15.5. The molecule has 1 fully saturated rings. The second-order valence-corrected chi connectivity index (χ2v) is 10.2. The van der Waals surface area contributed by atoms with Crippen LogP contribution in [0.2, 0.25) is 10.0 Å². The molecule has 0 bridgehead atoms. The van der Waals surface area contributed by atoms with Gasteiger partial charge in [0.2, 0.25) is 0 Å². The molecule has 2 heterocycles. The Hall–Kier alpha value is -1.60. The first kappa shape index (κ1) is 20.7. The summed E-state index contributed by atoms with van der Waals surface area (Å²) in [7, 11) is 0. The third-order valence-corrected chi connectivity index (χ3v) is 8.17. The molecular formula is C21H19Cl2N3OS2. The molecule has 0 atom stereocenters. The van der Waals surface area contributed by atoms with Crippen LogP contribution >= 0.6 is 46.7 Å². The van der Waals surface area contributed by atoms with Crippen LogP contribution in [-0.4, -0.2) is 27.2 Å². The van der Waals surface area contributed by atoms with E-state index in [1.165, 1.54) is 23.5 Å². The van der Waals surface area contributed by atoms with Gasteiger partial charge in [-0.3, -0.25) is 4.79 Å². The number of carbonyl (C=O) groups excluding carboxylic acids is 1. The lowest BCUT2D eigenvalue weighted by Crippen LogP contribution is -2.16. The van der Waals surface area contributed by atoms with Gasteiger partial charge in [-0.25, -0.2) is 4.68 Å². The summed E-state index contributed by atoms with van der Waals surface area (Å²) in [5.74, 6) is 2.84. The first-order valence-corrected chi connectivity index (χ1v) is 12.1. The molecule has 4 rings (SSSR count). The van der Waals surface area contributed by atoms with Gasteiger partial charge in [-0.2, -0.15) is 5.10 Å². The Morgan fingerprint density at radius 2 is 1.86 bits per heavy atom. The predicted octanol–water partition coefficient (Wildman–Crippen LogP) is 6.36. The van der Waals surface area contributed by atoms with Gasteiger partial charge >= 0.3 is 0 Å². The molecule has 0 spiro atoms. The molecule has 8 heteroatoms. The maximum Gasteiger partial charge on any atom is 0.256 e. The van der Waals surface area contributed by atoms with Crippen molar-refractivity contribution in [3.63, 3.8) is 0 Å². The highest BCUT2D eigenvalue weighted by Gasteiger charge is 2.17. The number of halogens is 2. The van der Waals surface area contributed by atoms with Crippen molar-refractivity contribution >= 4 is 58.5 Å². The Kier molecular flexibility index (Phi) is 6.75. The Bertz CT molecular complexity index is 1000. The molecule has 1 aromatic heterocycles. The number of rotatable bonds is 5. The number of thioether (sulfide) groups is 2. The van der Waals surface area contributed by atoms with E-state index in [4.69, 9.17) is 23.2 Å². The lowest BCUT2D eigenvalue weighted by molar-refractivity contribution is 0.102. The quantitative estimate of drug-likeness (QED) is 0.477. The Balaban J connectivity index is 1.44. The summed E-state index contributed by atoms with van der Waals surface area (Å²) in [6.07, 6.45) is 2.92. The standard InChI is InChI=1S/C21H19Cl2N3OS2/c22-17-7-6-16(18(23)12-17)13-26-19(8-9-24-26)25-20(27)14-2-4-15(5-3-14)21-28-10-1-11-29-21/h2-9,12,21H,1,10-11,13H2,(H,25,27). The van der Waals surface area contributed by atoms with E-state index in [0.717, 1.165) is 5.56 Å². The molecule has 0 radical (unpaired) electrons. The summed E-state index contributed by atoms with van der Waals surface area (Å²) in [6.45, 7) is 0.438. The molecule has 3 aromatic rings. The molecule has 150 valence electrons. The van der Waals surface area contributed by atoms with Gasteiger partial charge in [0, 0.05) is 21.7 Å². The van der Waals surface area contributed by atoms with Gasteiger partial charge in [0.1, 0.15) is 5.82 Å². The SMILES string of the molecule is O=C(Nc1ccnn1Cc1ccc(Cl)cc1Cl)c1ccc(C2SCCCS2)cc1. The molecule has 29 heavy (non-hydrogen) atoms. The minimum atomic E-state index is -0.163. The van der Waals surface area contributed by atoms with Crippen LogP contribution in [0, 0.1) is 0 Å². The normalized spacial score (nSPS) is 14.7. The molecular weight excluding hydrogens is 445 g/mol. The molecule has 0 unspecified atom stereocenters. The van der Waals surface area contributed by atoms with E-state index < -0.39 is 0 Å². The van der Waals surface area contributed by atoms with E-state index in [0.29, 0.717) is 32.6 Å². The average molecular weight is 464 g/mol. The summed E-state index contributed by atoms with van der Waals surface area (Å²) in [4.78, 5) is 12.7. The highest BCUT2D eigenvalue weighted by atomic mass is 35.5. The lowest BCUT2D eigenvalue weighted by atomic mass is 10.1. The number of aromatic nitrogens is 2. The molecule has 1 saturated heterocycles. The third-order valence-electron chi connectivity index (χ3n) is 4.57. The van der Waals surface area contributed by atoms with Crippen LogP contribution in [0.1, 0.15) is 32.5 Å². The largest absolute Gasteiger partial charge is 0.307 e. The second-order valence-electron chi connectivity index (χ2n) is 6.61. The average Bonchev–Trinajstić information content (AvgIpc) is 3.17. The maximum absolute atomic E-state index is 12.7. The first-order valence-electron chi connectivity index (χ1n) is 9.20. The van der Waals surface area contributed by atoms with E-state index in [2.05, 4.69) is 22.5 Å². The molecule has 1 N–H and O–H groups in total. The number of anilines is 1. The van der Waals surface area contributed by atoms with Crippen molar-refractivity contribution in [2.75, 3.05) is 16.8 Å².